The van der Waals surface area contributed by atoms with Crippen LogP contribution >= 0.6 is 0 Å². The quantitative estimate of drug-likeness (QED) is 0.742. The number of ether oxygens (including phenoxy) is 1. The molecule has 2 aliphatic rings. The van der Waals surface area contributed by atoms with E-state index in [1.165, 1.54) is 0 Å². The Kier molecular flexibility index (Phi) is 3.52. The van der Waals surface area contributed by atoms with Crippen molar-refractivity contribution in [2.45, 2.75) is 12.6 Å². The Morgan fingerprint density at radius 1 is 1.15 bits per heavy atom. The molecule has 1 aromatic carbocycles. The highest BCUT2D eigenvalue weighted by atomic mass is 32.2. The first-order valence-corrected chi connectivity index (χ1v) is 8.51. The molecule has 1 aromatic rings. The van der Waals surface area contributed by atoms with Gasteiger partial charge in [0.25, 0.3) is 0 Å². The zero-order valence-corrected chi connectivity index (χ0v) is 11.9. The molecule has 2 bridgehead atoms. The molecule has 0 aliphatic carbocycles. The summed E-state index contributed by atoms with van der Waals surface area (Å²) in [5.74, 6) is -1.07. The summed E-state index contributed by atoms with van der Waals surface area (Å²) in [5, 5.41) is 0. The van der Waals surface area contributed by atoms with Gasteiger partial charge in [0, 0.05) is 19.6 Å². The Hall–Kier alpha value is -1.40. The maximum Gasteiger partial charge on any atom is 0.311 e. The van der Waals surface area contributed by atoms with Gasteiger partial charge in [0.2, 0.25) is 0 Å². The Balaban J connectivity index is 1.79. The molecule has 2 aliphatic heterocycles. The maximum atomic E-state index is 11.9. The number of esters is 1. The number of sulfone groups is 1. The third-order valence-corrected chi connectivity index (χ3v) is 5.49. The van der Waals surface area contributed by atoms with Crippen molar-refractivity contribution in [3.05, 3.63) is 35.9 Å². The topological polar surface area (TPSA) is 63.7 Å². The zero-order chi connectivity index (χ0) is 14.2. The summed E-state index contributed by atoms with van der Waals surface area (Å²) in [6.07, 6.45) is -0.538. The maximum absolute atomic E-state index is 11.9. The highest BCUT2D eigenvalue weighted by Gasteiger charge is 2.40. The van der Waals surface area contributed by atoms with Crippen molar-refractivity contribution in [1.29, 1.82) is 0 Å². The van der Waals surface area contributed by atoms with Gasteiger partial charge in [-0.3, -0.25) is 9.69 Å². The lowest BCUT2D eigenvalue weighted by Gasteiger charge is -2.26. The van der Waals surface area contributed by atoms with E-state index in [1.54, 1.807) is 0 Å². The summed E-state index contributed by atoms with van der Waals surface area (Å²) in [6, 6.07) is 9.96. The molecule has 2 fully saturated rings. The first-order chi connectivity index (χ1) is 9.52. The Morgan fingerprint density at radius 2 is 1.90 bits per heavy atom. The molecule has 0 radical (unpaired) electrons. The number of fused-ring (bicyclic) bond motifs is 3. The average Bonchev–Trinajstić information content (AvgIpc) is 2.55. The molecular weight excluding hydrogens is 278 g/mol. The third kappa shape index (κ3) is 3.02. The smallest absolute Gasteiger partial charge is 0.311 e. The molecule has 5 nitrogen and oxygen atoms in total. The fraction of sp³-hybridized carbons (Fsp3) is 0.500. The normalized spacial score (nSPS) is 29.5. The number of benzene rings is 1. The lowest BCUT2D eigenvalue weighted by atomic mass is 10.1. The van der Waals surface area contributed by atoms with Crippen LogP contribution in [-0.2, 0) is 25.9 Å². The molecule has 2 heterocycles. The van der Waals surface area contributed by atoms with Crippen molar-refractivity contribution >= 4 is 15.8 Å². The predicted molar refractivity (Wildman–Crippen MR) is 73.7 cm³/mol. The SMILES string of the molecule is O=C1O[C@@H]2CN(Cc3ccccc3)C[C@H]1CS(=O)(=O)C2. The lowest BCUT2D eigenvalue weighted by molar-refractivity contribution is -0.149. The fourth-order valence-electron chi connectivity index (χ4n) is 2.88. The number of hydrogen-bond donors (Lipinski definition) is 0. The van der Waals surface area contributed by atoms with Crippen LogP contribution in [0.5, 0.6) is 0 Å². The van der Waals surface area contributed by atoms with Crippen LogP contribution in [-0.4, -0.2) is 50.0 Å². The third-order valence-electron chi connectivity index (χ3n) is 3.70. The molecule has 3 rings (SSSR count). The lowest BCUT2D eigenvalue weighted by Crippen LogP contribution is -2.40. The number of carbonyl (C=O) groups excluding carboxylic acids is 1. The molecule has 20 heavy (non-hydrogen) atoms. The van der Waals surface area contributed by atoms with E-state index in [0.717, 1.165) is 5.56 Å². The second-order valence-electron chi connectivity index (χ2n) is 5.51. The van der Waals surface area contributed by atoms with E-state index in [-0.39, 0.29) is 17.5 Å². The van der Waals surface area contributed by atoms with Gasteiger partial charge in [0.15, 0.2) is 9.84 Å². The van der Waals surface area contributed by atoms with Crippen molar-refractivity contribution in [3.8, 4) is 0 Å². The molecule has 0 N–H and O–H groups in total. The van der Waals surface area contributed by atoms with E-state index in [1.807, 2.05) is 30.3 Å². The van der Waals surface area contributed by atoms with E-state index in [4.69, 9.17) is 4.74 Å². The fourth-order valence-corrected chi connectivity index (χ4v) is 4.61. The van der Waals surface area contributed by atoms with Crippen LogP contribution in [0.15, 0.2) is 30.3 Å². The van der Waals surface area contributed by atoms with Gasteiger partial charge in [-0.25, -0.2) is 8.42 Å². The molecular formula is C14H17NO4S. The highest BCUT2D eigenvalue weighted by molar-refractivity contribution is 7.91. The van der Waals surface area contributed by atoms with Gasteiger partial charge in [0.1, 0.15) is 6.10 Å². The number of rotatable bonds is 2. The molecule has 0 amide bonds. The molecule has 108 valence electrons. The summed E-state index contributed by atoms with van der Waals surface area (Å²) >= 11 is 0. The van der Waals surface area contributed by atoms with Crippen molar-refractivity contribution in [1.82, 2.24) is 4.90 Å². The number of carbonyl (C=O) groups is 1. The minimum Gasteiger partial charge on any atom is -0.460 e. The van der Waals surface area contributed by atoms with Crippen molar-refractivity contribution in [3.63, 3.8) is 0 Å². The van der Waals surface area contributed by atoms with Gasteiger partial charge < -0.3 is 4.74 Å². The predicted octanol–water partition coefficient (Wildman–Crippen LogP) is 0.459. The second-order valence-corrected chi connectivity index (χ2v) is 7.67. The van der Waals surface area contributed by atoms with Crippen molar-refractivity contribution in [2.75, 3.05) is 24.6 Å². The molecule has 0 saturated carbocycles. The summed E-state index contributed by atoms with van der Waals surface area (Å²) in [4.78, 5) is 14.0. The van der Waals surface area contributed by atoms with Gasteiger partial charge in [0.05, 0.1) is 17.4 Å². The summed E-state index contributed by atoms with van der Waals surface area (Å²) in [7, 11) is -3.18. The highest BCUT2D eigenvalue weighted by Crippen LogP contribution is 2.22. The monoisotopic (exact) mass is 295 g/mol. The zero-order valence-electron chi connectivity index (χ0n) is 11.1. The molecule has 0 unspecified atom stereocenters. The van der Waals surface area contributed by atoms with E-state index < -0.39 is 21.9 Å². The van der Waals surface area contributed by atoms with Gasteiger partial charge in [-0.05, 0) is 5.56 Å². The van der Waals surface area contributed by atoms with Gasteiger partial charge in [-0.1, -0.05) is 30.3 Å². The number of nitrogens with zero attached hydrogens (tertiary/aromatic N) is 1. The average molecular weight is 295 g/mol. The second kappa shape index (κ2) is 5.18. The minimum atomic E-state index is -3.18. The van der Waals surface area contributed by atoms with E-state index in [9.17, 15) is 13.2 Å². The summed E-state index contributed by atoms with van der Waals surface area (Å²) in [5.41, 5.74) is 1.16. The molecule has 2 atom stereocenters. The van der Waals surface area contributed by atoms with Crippen LogP contribution in [0, 0.1) is 5.92 Å². The van der Waals surface area contributed by atoms with Crippen LogP contribution < -0.4 is 0 Å². The van der Waals surface area contributed by atoms with Gasteiger partial charge in [-0.15, -0.1) is 0 Å². The Labute approximate surface area is 118 Å². The van der Waals surface area contributed by atoms with Gasteiger partial charge in [-0.2, -0.15) is 0 Å². The van der Waals surface area contributed by atoms with E-state index in [0.29, 0.717) is 19.6 Å². The molecule has 6 heteroatoms. The summed E-state index contributed by atoms with van der Waals surface area (Å²) in [6.45, 7) is 1.64. The van der Waals surface area contributed by atoms with Crippen LogP contribution in [0.3, 0.4) is 0 Å². The molecule has 0 spiro atoms. The van der Waals surface area contributed by atoms with Crippen LogP contribution in [0.25, 0.3) is 0 Å². The number of hydrogen-bond acceptors (Lipinski definition) is 5. The van der Waals surface area contributed by atoms with Gasteiger partial charge >= 0.3 is 5.97 Å². The molecule has 0 aromatic heterocycles. The van der Waals surface area contributed by atoms with Crippen LogP contribution in [0.4, 0.5) is 0 Å². The minimum absolute atomic E-state index is 0.0550. The standard InChI is InChI=1S/C14H17NO4S/c16-14-12-7-15(6-11-4-2-1-3-5-11)8-13(19-14)10-20(17,18)9-12/h1-5,12-13H,6-10H2/t12-,13+/m0/s1. The van der Waals surface area contributed by atoms with E-state index in [2.05, 4.69) is 4.90 Å². The Morgan fingerprint density at radius 3 is 2.65 bits per heavy atom. The molecule has 2 saturated heterocycles. The van der Waals surface area contributed by atoms with Crippen molar-refractivity contribution in [2.24, 2.45) is 5.92 Å². The Bertz CT molecular complexity index is 599. The van der Waals surface area contributed by atoms with Crippen molar-refractivity contribution < 1.29 is 17.9 Å². The van der Waals surface area contributed by atoms with Crippen LogP contribution in [0.1, 0.15) is 5.56 Å². The van der Waals surface area contributed by atoms with E-state index >= 15 is 0 Å². The largest absolute Gasteiger partial charge is 0.460 e. The van der Waals surface area contributed by atoms with Crippen LogP contribution in [0.2, 0.25) is 0 Å². The first-order valence-electron chi connectivity index (χ1n) is 6.69. The first kappa shape index (κ1) is 13.6. The summed E-state index contributed by atoms with van der Waals surface area (Å²) < 4.78 is 29.0.